The van der Waals surface area contributed by atoms with Crippen molar-refractivity contribution in [2.24, 2.45) is 5.92 Å². The predicted octanol–water partition coefficient (Wildman–Crippen LogP) is 1.75. The molecule has 0 saturated heterocycles. The summed E-state index contributed by atoms with van der Waals surface area (Å²) in [6, 6.07) is 0. The molecule has 0 atom stereocenters. The van der Waals surface area contributed by atoms with E-state index in [2.05, 4.69) is 0 Å². The molecule has 3 nitrogen and oxygen atoms in total. The minimum atomic E-state index is -0.354. The third kappa shape index (κ3) is 3.08. The molecule has 0 aromatic rings. The van der Waals surface area contributed by atoms with Gasteiger partial charge in [0.05, 0.1) is 6.42 Å². The molecule has 13 heavy (non-hydrogen) atoms. The van der Waals surface area contributed by atoms with Gasteiger partial charge in [0.1, 0.15) is 5.78 Å². The summed E-state index contributed by atoms with van der Waals surface area (Å²) < 4.78 is 9.97. The predicted molar refractivity (Wildman–Crippen MR) is 49.4 cm³/mol. The maximum absolute atomic E-state index is 11.6. The van der Waals surface area contributed by atoms with E-state index in [9.17, 15) is 4.79 Å². The lowest BCUT2D eigenvalue weighted by atomic mass is 10.0. The second-order valence-electron chi connectivity index (χ2n) is 3.55. The average molecular weight is 186 g/mol. The molecule has 0 aliphatic heterocycles. The van der Waals surface area contributed by atoms with Gasteiger partial charge in [0, 0.05) is 20.1 Å². The Balaban J connectivity index is 2.30. The van der Waals surface area contributed by atoms with Crippen molar-refractivity contribution in [1.82, 2.24) is 0 Å². The fourth-order valence-corrected chi connectivity index (χ4v) is 1.84. The minimum Gasteiger partial charge on any atom is -0.355 e. The smallest absolute Gasteiger partial charge is 0.163 e. The van der Waals surface area contributed by atoms with E-state index in [4.69, 9.17) is 9.47 Å². The maximum atomic E-state index is 11.6. The van der Waals surface area contributed by atoms with Crippen molar-refractivity contribution in [1.29, 1.82) is 0 Å². The number of methoxy groups -OCH3 is 2. The zero-order valence-corrected chi connectivity index (χ0v) is 8.41. The highest BCUT2D eigenvalue weighted by Gasteiger charge is 2.24. The Labute approximate surface area is 79.4 Å². The van der Waals surface area contributed by atoms with Crippen molar-refractivity contribution in [3.8, 4) is 0 Å². The van der Waals surface area contributed by atoms with Crippen molar-refractivity contribution in [2.75, 3.05) is 14.2 Å². The van der Waals surface area contributed by atoms with E-state index in [1.54, 1.807) is 14.2 Å². The summed E-state index contributed by atoms with van der Waals surface area (Å²) in [7, 11) is 3.13. The van der Waals surface area contributed by atoms with Crippen LogP contribution in [0.15, 0.2) is 0 Å². The number of ether oxygens (including phenoxy) is 2. The molecule has 0 spiro atoms. The fourth-order valence-electron chi connectivity index (χ4n) is 1.84. The van der Waals surface area contributed by atoms with Crippen molar-refractivity contribution >= 4 is 5.78 Å². The molecular formula is C10H18O3. The van der Waals surface area contributed by atoms with Crippen molar-refractivity contribution < 1.29 is 14.3 Å². The maximum Gasteiger partial charge on any atom is 0.163 e. The highest BCUT2D eigenvalue weighted by Crippen LogP contribution is 2.26. The summed E-state index contributed by atoms with van der Waals surface area (Å²) in [6.07, 6.45) is 4.55. The normalized spacial score (nSPS) is 18.4. The third-order valence-electron chi connectivity index (χ3n) is 2.70. The Kier molecular flexibility index (Phi) is 4.39. The quantitative estimate of drug-likeness (QED) is 0.614. The number of hydrogen-bond donors (Lipinski definition) is 0. The molecule has 3 heteroatoms. The lowest BCUT2D eigenvalue weighted by Crippen LogP contribution is -2.22. The van der Waals surface area contributed by atoms with E-state index in [1.807, 2.05) is 0 Å². The van der Waals surface area contributed by atoms with Crippen molar-refractivity contribution in [2.45, 2.75) is 38.4 Å². The van der Waals surface area contributed by atoms with Crippen LogP contribution in [0.5, 0.6) is 0 Å². The van der Waals surface area contributed by atoms with Gasteiger partial charge < -0.3 is 9.47 Å². The number of rotatable bonds is 5. The first-order chi connectivity index (χ1) is 6.27. The Morgan fingerprint density at radius 3 is 2.31 bits per heavy atom. The Bertz CT molecular complexity index is 158. The summed E-state index contributed by atoms with van der Waals surface area (Å²) in [4.78, 5) is 11.6. The largest absolute Gasteiger partial charge is 0.355 e. The van der Waals surface area contributed by atoms with Gasteiger partial charge in [0.2, 0.25) is 0 Å². The highest BCUT2D eigenvalue weighted by atomic mass is 16.7. The van der Waals surface area contributed by atoms with Crippen LogP contribution in [0.2, 0.25) is 0 Å². The lowest BCUT2D eigenvalue weighted by molar-refractivity contribution is -0.140. The van der Waals surface area contributed by atoms with Crippen LogP contribution in [0.3, 0.4) is 0 Å². The molecule has 1 fully saturated rings. The molecule has 0 aromatic heterocycles. The molecule has 1 rings (SSSR count). The number of hydrogen-bond acceptors (Lipinski definition) is 3. The van der Waals surface area contributed by atoms with Gasteiger partial charge in [-0.1, -0.05) is 12.8 Å². The van der Waals surface area contributed by atoms with E-state index in [0.717, 1.165) is 12.8 Å². The average Bonchev–Trinajstić information content (AvgIpc) is 2.66. The molecule has 0 N–H and O–H groups in total. The summed E-state index contributed by atoms with van der Waals surface area (Å²) in [5.74, 6) is 0.569. The third-order valence-corrected chi connectivity index (χ3v) is 2.70. The van der Waals surface area contributed by atoms with Gasteiger partial charge in [-0.3, -0.25) is 4.79 Å². The van der Waals surface area contributed by atoms with E-state index >= 15 is 0 Å². The molecular weight excluding hydrogens is 168 g/mol. The number of Topliss-reactive ketones (excluding diaryl/α,β-unsaturated/α-hetero) is 1. The topological polar surface area (TPSA) is 35.5 Å². The molecule has 0 radical (unpaired) electrons. The van der Waals surface area contributed by atoms with Gasteiger partial charge in [-0.25, -0.2) is 0 Å². The van der Waals surface area contributed by atoms with Crippen LogP contribution in [0.4, 0.5) is 0 Å². The molecule has 0 amide bonds. The Morgan fingerprint density at radius 2 is 1.85 bits per heavy atom. The SMILES string of the molecule is COC(CC(=O)C1CCCC1)OC. The summed E-state index contributed by atoms with van der Waals surface area (Å²) in [5.41, 5.74) is 0. The molecule has 1 aliphatic carbocycles. The van der Waals surface area contributed by atoms with Crippen LogP contribution in [-0.2, 0) is 14.3 Å². The monoisotopic (exact) mass is 186 g/mol. The minimum absolute atomic E-state index is 0.271. The van der Waals surface area contributed by atoms with Crippen molar-refractivity contribution in [3.05, 3.63) is 0 Å². The van der Waals surface area contributed by atoms with Crippen LogP contribution in [0, 0.1) is 5.92 Å². The first-order valence-electron chi connectivity index (χ1n) is 4.86. The molecule has 0 heterocycles. The lowest BCUT2D eigenvalue weighted by Gasteiger charge is -2.14. The van der Waals surface area contributed by atoms with Crippen LogP contribution in [0.1, 0.15) is 32.1 Å². The highest BCUT2D eigenvalue weighted by molar-refractivity contribution is 5.81. The van der Waals surface area contributed by atoms with Gasteiger partial charge in [0.25, 0.3) is 0 Å². The van der Waals surface area contributed by atoms with E-state index in [0.29, 0.717) is 12.2 Å². The van der Waals surface area contributed by atoms with Gasteiger partial charge >= 0.3 is 0 Å². The Morgan fingerprint density at radius 1 is 1.31 bits per heavy atom. The number of ketones is 1. The van der Waals surface area contributed by atoms with Crippen LogP contribution < -0.4 is 0 Å². The first-order valence-corrected chi connectivity index (χ1v) is 4.86. The van der Waals surface area contributed by atoms with Crippen LogP contribution in [-0.4, -0.2) is 26.3 Å². The number of carbonyl (C=O) groups is 1. The molecule has 0 bridgehead atoms. The van der Waals surface area contributed by atoms with E-state index in [-0.39, 0.29) is 12.2 Å². The van der Waals surface area contributed by atoms with Gasteiger partial charge in [-0.15, -0.1) is 0 Å². The zero-order valence-electron chi connectivity index (χ0n) is 8.41. The summed E-state index contributed by atoms with van der Waals surface area (Å²) in [6.45, 7) is 0. The standard InChI is InChI=1S/C10H18O3/c1-12-10(13-2)7-9(11)8-5-3-4-6-8/h8,10H,3-7H2,1-2H3. The molecule has 0 aromatic carbocycles. The first kappa shape index (κ1) is 10.7. The summed E-state index contributed by atoms with van der Waals surface area (Å²) >= 11 is 0. The van der Waals surface area contributed by atoms with Crippen LogP contribution >= 0.6 is 0 Å². The molecule has 1 saturated carbocycles. The fraction of sp³-hybridized carbons (Fsp3) is 0.900. The van der Waals surface area contributed by atoms with Crippen LogP contribution in [0.25, 0.3) is 0 Å². The van der Waals surface area contributed by atoms with E-state index < -0.39 is 0 Å². The Hall–Kier alpha value is -0.410. The molecule has 76 valence electrons. The van der Waals surface area contributed by atoms with Crippen molar-refractivity contribution in [3.63, 3.8) is 0 Å². The van der Waals surface area contributed by atoms with E-state index in [1.165, 1.54) is 12.8 Å². The second-order valence-corrected chi connectivity index (χ2v) is 3.55. The van der Waals surface area contributed by atoms with Gasteiger partial charge in [0.15, 0.2) is 6.29 Å². The summed E-state index contributed by atoms with van der Waals surface area (Å²) in [5, 5.41) is 0. The second kappa shape index (κ2) is 5.35. The molecule has 1 aliphatic rings. The van der Waals surface area contributed by atoms with Gasteiger partial charge in [-0.05, 0) is 12.8 Å². The zero-order chi connectivity index (χ0) is 9.68. The number of carbonyl (C=O) groups excluding carboxylic acids is 1. The molecule has 0 unspecified atom stereocenters. The van der Waals surface area contributed by atoms with Gasteiger partial charge in [-0.2, -0.15) is 0 Å².